The molecule has 0 radical (unpaired) electrons. The molecule has 0 saturated carbocycles. The molecular formula is C12H9N5O2S. The summed E-state index contributed by atoms with van der Waals surface area (Å²) in [6, 6.07) is 7.05. The Labute approximate surface area is 117 Å². The van der Waals surface area contributed by atoms with Gasteiger partial charge in [-0.1, -0.05) is 6.07 Å². The second-order valence-corrected chi connectivity index (χ2v) is 5.05. The van der Waals surface area contributed by atoms with E-state index in [2.05, 4.69) is 20.5 Å². The minimum Gasteiger partial charge on any atom is -0.477 e. The van der Waals surface area contributed by atoms with Crippen molar-refractivity contribution in [3.63, 3.8) is 0 Å². The average molecular weight is 287 g/mol. The molecule has 100 valence electrons. The first-order chi connectivity index (χ1) is 9.66. The molecular weight excluding hydrogens is 278 g/mol. The van der Waals surface area contributed by atoms with Crippen molar-refractivity contribution in [2.45, 2.75) is 0 Å². The minimum atomic E-state index is -0.978. The molecule has 3 aromatic heterocycles. The lowest BCUT2D eigenvalue weighted by atomic mass is 10.2. The van der Waals surface area contributed by atoms with Crippen LogP contribution in [0.5, 0.6) is 0 Å². The molecule has 0 aliphatic heterocycles. The molecule has 3 heterocycles. The van der Waals surface area contributed by atoms with Crippen molar-refractivity contribution >= 4 is 17.3 Å². The van der Waals surface area contributed by atoms with Gasteiger partial charge >= 0.3 is 5.97 Å². The van der Waals surface area contributed by atoms with Gasteiger partial charge in [0, 0.05) is 18.8 Å². The molecule has 3 rings (SSSR count). The Kier molecular flexibility index (Phi) is 2.99. The van der Waals surface area contributed by atoms with Crippen molar-refractivity contribution in [3.8, 4) is 22.0 Å². The van der Waals surface area contributed by atoms with Crippen LogP contribution in [0.3, 0.4) is 0 Å². The van der Waals surface area contributed by atoms with E-state index in [1.165, 1.54) is 4.68 Å². The molecule has 0 aliphatic carbocycles. The Bertz CT molecular complexity index is 765. The zero-order valence-electron chi connectivity index (χ0n) is 10.4. The van der Waals surface area contributed by atoms with Crippen LogP contribution in [0.15, 0.2) is 30.5 Å². The topological polar surface area (TPSA) is 93.8 Å². The molecule has 0 amide bonds. The molecule has 0 saturated heterocycles. The largest absolute Gasteiger partial charge is 0.477 e. The first-order valence-corrected chi connectivity index (χ1v) is 6.49. The van der Waals surface area contributed by atoms with E-state index in [9.17, 15) is 4.79 Å². The number of aromatic carboxylic acids is 1. The second kappa shape index (κ2) is 4.82. The number of nitrogens with zero attached hydrogens (tertiary/aromatic N) is 5. The molecule has 0 atom stereocenters. The van der Waals surface area contributed by atoms with E-state index in [1.54, 1.807) is 25.4 Å². The van der Waals surface area contributed by atoms with Gasteiger partial charge in [0.25, 0.3) is 0 Å². The number of hydrogen-bond donors (Lipinski definition) is 1. The van der Waals surface area contributed by atoms with Crippen LogP contribution in [0.1, 0.15) is 9.67 Å². The summed E-state index contributed by atoms with van der Waals surface area (Å²) in [6.45, 7) is 0. The average Bonchev–Trinajstić information content (AvgIpc) is 3.05. The van der Waals surface area contributed by atoms with Crippen LogP contribution in [-0.4, -0.2) is 36.3 Å². The fourth-order valence-corrected chi connectivity index (χ4v) is 2.78. The van der Waals surface area contributed by atoms with Gasteiger partial charge in [-0.2, -0.15) is 0 Å². The Balaban J connectivity index is 2.23. The highest BCUT2D eigenvalue weighted by Crippen LogP contribution is 2.37. The molecule has 3 aromatic rings. The van der Waals surface area contributed by atoms with E-state index < -0.39 is 5.97 Å². The maximum absolute atomic E-state index is 11.2. The number of rotatable bonds is 3. The lowest BCUT2D eigenvalue weighted by molar-refractivity contribution is 0.0702. The normalized spacial score (nSPS) is 10.7. The highest BCUT2D eigenvalue weighted by Gasteiger charge is 2.20. The van der Waals surface area contributed by atoms with Crippen molar-refractivity contribution in [3.05, 3.63) is 35.3 Å². The highest BCUT2D eigenvalue weighted by molar-refractivity contribution is 7.17. The van der Waals surface area contributed by atoms with Crippen molar-refractivity contribution in [1.29, 1.82) is 0 Å². The summed E-state index contributed by atoms with van der Waals surface area (Å²) >= 11 is 1.16. The number of hydrogen-bond acceptors (Lipinski definition) is 6. The van der Waals surface area contributed by atoms with Crippen LogP contribution in [0, 0.1) is 0 Å². The Morgan fingerprint density at radius 2 is 2.25 bits per heavy atom. The summed E-state index contributed by atoms with van der Waals surface area (Å²) in [5, 5.41) is 20.5. The van der Waals surface area contributed by atoms with Crippen molar-refractivity contribution in [2.75, 3.05) is 0 Å². The van der Waals surface area contributed by atoms with E-state index in [0.717, 1.165) is 16.2 Å². The van der Waals surface area contributed by atoms with Gasteiger partial charge in [-0.05, 0) is 28.6 Å². The van der Waals surface area contributed by atoms with Crippen molar-refractivity contribution in [1.82, 2.24) is 25.2 Å². The summed E-state index contributed by atoms with van der Waals surface area (Å²) in [5.41, 5.74) is 1.36. The molecule has 0 unspecified atom stereocenters. The van der Waals surface area contributed by atoms with Crippen LogP contribution in [0.2, 0.25) is 0 Å². The molecule has 0 bridgehead atoms. The quantitative estimate of drug-likeness (QED) is 0.788. The Morgan fingerprint density at radius 1 is 1.40 bits per heavy atom. The van der Waals surface area contributed by atoms with E-state index >= 15 is 0 Å². The van der Waals surface area contributed by atoms with Crippen molar-refractivity contribution in [2.24, 2.45) is 7.05 Å². The summed E-state index contributed by atoms with van der Waals surface area (Å²) < 4.78 is 1.50. The van der Waals surface area contributed by atoms with E-state index in [-0.39, 0.29) is 4.88 Å². The summed E-state index contributed by atoms with van der Waals surface area (Å²) in [7, 11) is 1.70. The number of carbonyl (C=O) groups is 1. The number of pyridine rings is 1. The maximum Gasteiger partial charge on any atom is 0.345 e. The molecule has 7 nitrogen and oxygen atoms in total. The fraction of sp³-hybridized carbons (Fsp3) is 0.0833. The van der Waals surface area contributed by atoms with Gasteiger partial charge in [-0.3, -0.25) is 4.98 Å². The first-order valence-electron chi connectivity index (χ1n) is 5.68. The van der Waals surface area contributed by atoms with Gasteiger partial charge in [-0.25, -0.2) is 9.48 Å². The van der Waals surface area contributed by atoms with Gasteiger partial charge in [0.2, 0.25) is 0 Å². The summed E-state index contributed by atoms with van der Waals surface area (Å²) in [6.07, 6.45) is 1.66. The van der Waals surface area contributed by atoms with Gasteiger partial charge in [0.15, 0.2) is 5.82 Å². The third-order valence-corrected chi connectivity index (χ3v) is 3.85. The zero-order chi connectivity index (χ0) is 14.1. The van der Waals surface area contributed by atoms with Crippen LogP contribution >= 0.6 is 11.3 Å². The maximum atomic E-state index is 11.2. The standard InChI is InChI=1S/C12H9N5O2S/c1-17-11(14-15-16-17)7-6-9(12(18)19)20-10(7)8-4-2-3-5-13-8/h2-6H,1H3,(H,18,19). The number of thiophene rings is 1. The van der Waals surface area contributed by atoms with Crippen LogP contribution in [0.4, 0.5) is 0 Å². The van der Waals surface area contributed by atoms with Crippen LogP contribution in [0.25, 0.3) is 22.0 Å². The molecule has 8 heteroatoms. The van der Waals surface area contributed by atoms with Crippen molar-refractivity contribution < 1.29 is 9.90 Å². The molecule has 1 N–H and O–H groups in total. The lowest BCUT2D eigenvalue weighted by Gasteiger charge is -2.01. The predicted octanol–water partition coefficient (Wildman–Crippen LogP) is 1.70. The Hall–Kier alpha value is -2.61. The van der Waals surface area contributed by atoms with E-state index in [0.29, 0.717) is 17.1 Å². The fourth-order valence-electron chi connectivity index (χ4n) is 1.81. The second-order valence-electron chi connectivity index (χ2n) is 4.00. The number of carboxylic acid groups (broad SMARTS) is 1. The van der Waals surface area contributed by atoms with Gasteiger partial charge in [-0.15, -0.1) is 16.4 Å². The van der Waals surface area contributed by atoms with Crippen LogP contribution in [-0.2, 0) is 7.05 Å². The molecule has 20 heavy (non-hydrogen) atoms. The van der Waals surface area contributed by atoms with Gasteiger partial charge < -0.3 is 5.11 Å². The molecule has 0 aromatic carbocycles. The number of aryl methyl sites for hydroxylation is 1. The number of carboxylic acids is 1. The highest BCUT2D eigenvalue weighted by atomic mass is 32.1. The minimum absolute atomic E-state index is 0.226. The molecule has 0 aliphatic rings. The summed E-state index contributed by atoms with van der Waals surface area (Å²) in [4.78, 5) is 16.4. The SMILES string of the molecule is Cn1nnnc1-c1cc(C(=O)O)sc1-c1ccccn1. The molecule has 0 spiro atoms. The van der Waals surface area contributed by atoms with E-state index in [4.69, 9.17) is 5.11 Å². The van der Waals surface area contributed by atoms with E-state index in [1.807, 2.05) is 12.1 Å². The third kappa shape index (κ3) is 2.05. The summed E-state index contributed by atoms with van der Waals surface area (Å²) in [5.74, 6) is -0.469. The predicted molar refractivity (Wildman–Crippen MR) is 72.3 cm³/mol. The van der Waals surface area contributed by atoms with Crippen LogP contribution < -0.4 is 0 Å². The third-order valence-electron chi connectivity index (χ3n) is 2.70. The molecule has 0 fully saturated rings. The van der Waals surface area contributed by atoms with Gasteiger partial charge in [0.1, 0.15) is 4.88 Å². The van der Waals surface area contributed by atoms with Gasteiger partial charge in [0.05, 0.1) is 10.6 Å². The number of tetrazole rings is 1. The smallest absolute Gasteiger partial charge is 0.345 e. The Morgan fingerprint density at radius 3 is 2.85 bits per heavy atom. The monoisotopic (exact) mass is 287 g/mol. The first kappa shape index (κ1) is 12.4. The lowest BCUT2D eigenvalue weighted by Crippen LogP contribution is -1.95. The zero-order valence-corrected chi connectivity index (χ0v) is 11.2. The number of aromatic nitrogens is 5.